The van der Waals surface area contributed by atoms with Gasteiger partial charge < -0.3 is 15.2 Å². The molecule has 1 saturated heterocycles. The fourth-order valence-electron chi connectivity index (χ4n) is 2.87. The van der Waals surface area contributed by atoms with Crippen molar-refractivity contribution in [2.45, 2.75) is 19.3 Å². The van der Waals surface area contributed by atoms with Crippen molar-refractivity contribution >= 4 is 16.8 Å². The summed E-state index contributed by atoms with van der Waals surface area (Å²) in [4.78, 5) is 17.8. The molecule has 0 aliphatic carbocycles. The van der Waals surface area contributed by atoms with Crippen LogP contribution in [-0.4, -0.2) is 42.0 Å². The summed E-state index contributed by atoms with van der Waals surface area (Å²) in [5.74, 6) is 0.0175. The maximum Gasteiger partial charge on any atom is 0.253 e. The quantitative estimate of drug-likeness (QED) is 0.820. The number of likely N-dealkylation sites (tertiary alicyclic amines) is 1. The van der Waals surface area contributed by atoms with Gasteiger partial charge in [-0.25, -0.2) is 0 Å². The lowest BCUT2D eigenvalue weighted by Crippen LogP contribution is -2.28. The molecule has 1 aliphatic heterocycles. The van der Waals surface area contributed by atoms with Gasteiger partial charge in [0.2, 0.25) is 0 Å². The summed E-state index contributed by atoms with van der Waals surface area (Å²) in [6.45, 7) is 4.27. The zero-order valence-electron chi connectivity index (χ0n) is 11.7. The molecule has 3 rings (SSSR count). The van der Waals surface area contributed by atoms with Gasteiger partial charge in [-0.2, -0.15) is 0 Å². The summed E-state index contributed by atoms with van der Waals surface area (Å²) in [6.07, 6.45) is 5.46. The minimum absolute atomic E-state index is 0.0175. The van der Waals surface area contributed by atoms with Crippen molar-refractivity contribution in [1.29, 1.82) is 0 Å². The van der Waals surface area contributed by atoms with E-state index in [1.165, 1.54) is 25.9 Å². The molecule has 4 nitrogen and oxygen atoms in total. The summed E-state index contributed by atoms with van der Waals surface area (Å²) in [5.41, 5.74) is 1.75. The van der Waals surface area contributed by atoms with Crippen LogP contribution in [0.2, 0.25) is 0 Å². The van der Waals surface area contributed by atoms with Crippen LogP contribution in [-0.2, 0) is 0 Å². The number of carbonyl (C=O) groups is 1. The van der Waals surface area contributed by atoms with Crippen molar-refractivity contribution in [2.24, 2.45) is 0 Å². The van der Waals surface area contributed by atoms with Crippen molar-refractivity contribution in [1.82, 2.24) is 15.2 Å². The van der Waals surface area contributed by atoms with Gasteiger partial charge in [0.25, 0.3) is 5.91 Å². The van der Waals surface area contributed by atoms with Crippen LogP contribution in [0.15, 0.2) is 30.5 Å². The van der Waals surface area contributed by atoms with Gasteiger partial charge in [-0.1, -0.05) is 18.2 Å². The molecule has 1 aromatic carbocycles. The van der Waals surface area contributed by atoms with E-state index in [9.17, 15) is 4.79 Å². The van der Waals surface area contributed by atoms with E-state index in [-0.39, 0.29) is 5.91 Å². The van der Waals surface area contributed by atoms with Crippen LogP contribution >= 0.6 is 0 Å². The van der Waals surface area contributed by atoms with Crippen LogP contribution in [0.1, 0.15) is 29.6 Å². The predicted molar refractivity (Wildman–Crippen MR) is 80.9 cm³/mol. The molecule has 0 bridgehead atoms. The number of hydrogen-bond acceptors (Lipinski definition) is 2. The van der Waals surface area contributed by atoms with E-state index in [0.717, 1.165) is 36.0 Å². The lowest BCUT2D eigenvalue weighted by molar-refractivity contribution is 0.0953. The van der Waals surface area contributed by atoms with Crippen molar-refractivity contribution < 1.29 is 4.79 Å². The highest BCUT2D eigenvalue weighted by molar-refractivity contribution is 6.06. The fourth-order valence-corrected chi connectivity index (χ4v) is 2.87. The number of benzene rings is 1. The molecule has 2 heterocycles. The molecule has 1 aliphatic rings. The fraction of sp³-hybridized carbons (Fsp3) is 0.438. The van der Waals surface area contributed by atoms with E-state index in [1.807, 2.05) is 24.3 Å². The second-order valence-corrected chi connectivity index (χ2v) is 5.41. The van der Waals surface area contributed by atoms with Crippen LogP contribution in [0.3, 0.4) is 0 Å². The van der Waals surface area contributed by atoms with E-state index in [2.05, 4.69) is 15.2 Å². The largest absolute Gasteiger partial charge is 0.360 e. The van der Waals surface area contributed by atoms with E-state index in [1.54, 1.807) is 6.20 Å². The minimum Gasteiger partial charge on any atom is -0.360 e. The number of aromatic nitrogens is 1. The van der Waals surface area contributed by atoms with E-state index in [0.29, 0.717) is 0 Å². The number of rotatable bonds is 5. The summed E-state index contributed by atoms with van der Waals surface area (Å²) in [5, 5.41) is 4.01. The average Bonchev–Trinajstić information content (AvgIpc) is 3.12. The average molecular weight is 271 g/mol. The number of carbonyl (C=O) groups excluding carboxylic acids is 1. The van der Waals surface area contributed by atoms with Crippen LogP contribution in [0.25, 0.3) is 10.9 Å². The van der Waals surface area contributed by atoms with Crippen molar-refractivity contribution in [2.75, 3.05) is 26.2 Å². The van der Waals surface area contributed by atoms with Crippen LogP contribution in [0.4, 0.5) is 0 Å². The SMILES string of the molecule is O=C(NCCCN1CCCC1)c1c[nH]c2ccccc12. The zero-order chi connectivity index (χ0) is 13.8. The molecule has 0 saturated carbocycles. The summed E-state index contributed by atoms with van der Waals surface area (Å²) < 4.78 is 0. The third-order valence-corrected chi connectivity index (χ3v) is 3.97. The van der Waals surface area contributed by atoms with E-state index < -0.39 is 0 Å². The Labute approximate surface area is 119 Å². The highest BCUT2D eigenvalue weighted by atomic mass is 16.1. The molecule has 0 spiro atoms. The molecule has 4 heteroatoms. The summed E-state index contributed by atoms with van der Waals surface area (Å²) in [7, 11) is 0. The number of amides is 1. The first kappa shape index (κ1) is 13.2. The molecule has 0 atom stereocenters. The molecular formula is C16H21N3O. The zero-order valence-corrected chi connectivity index (χ0v) is 11.7. The summed E-state index contributed by atoms with van der Waals surface area (Å²) in [6, 6.07) is 7.89. The second-order valence-electron chi connectivity index (χ2n) is 5.41. The van der Waals surface area contributed by atoms with Crippen LogP contribution in [0.5, 0.6) is 0 Å². The number of para-hydroxylation sites is 1. The Morgan fingerprint density at radius 1 is 1.25 bits per heavy atom. The van der Waals surface area contributed by atoms with Gasteiger partial charge in [0.15, 0.2) is 0 Å². The molecule has 20 heavy (non-hydrogen) atoms. The lowest BCUT2D eigenvalue weighted by Gasteiger charge is -2.14. The number of fused-ring (bicyclic) bond motifs is 1. The lowest BCUT2D eigenvalue weighted by atomic mass is 10.1. The molecule has 106 valence electrons. The standard InChI is InChI=1S/C16H21N3O/c20-16(17-8-5-11-19-9-3-4-10-19)14-12-18-15-7-2-1-6-13(14)15/h1-2,6-7,12,18H,3-5,8-11H2,(H,17,20). The molecule has 1 aromatic heterocycles. The van der Waals surface area contributed by atoms with Gasteiger partial charge in [-0.15, -0.1) is 0 Å². The molecule has 2 aromatic rings. The monoisotopic (exact) mass is 271 g/mol. The Balaban J connectivity index is 1.51. The van der Waals surface area contributed by atoms with Gasteiger partial charge in [0, 0.05) is 23.6 Å². The maximum absolute atomic E-state index is 12.2. The smallest absolute Gasteiger partial charge is 0.253 e. The predicted octanol–water partition coefficient (Wildman–Crippen LogP) is 2.38. The Kier molecular flexibility index (Phi) is 4.02. The number of nitrogens with zero attached hydrogens (tertiary/aromatic N) is 1. The number of aromatic amines is 1. The first-order valence-electron chi connectivity index (χ1n) is 7.41. The van der Waals surface area contributed by atoms with Gasteiger partial charge in [0.05, 0.1) is 5.56 Å². The van der Waals surface area contributed by atoms with Gasteiger partial charge in [0.1, 0.15) is 0 Å². The van der Waals surface area contributed by atoms with Gasteiger partial charge in [-0.3, -0.25) is 4.79 Å². The highest BCUT2D eigenvalue weighted by Crippen LogP contribution is 2.17. The Bertz CT molecular complexity index is 584. The normalized spacial score (nSPS) is 15.8. The molecule has 2 N–H and O–H groups in total. The third kappa shape index (κ3) is 2.85. The van der Waals surface area contributed by atoms with Gasteiger partial charge >= 0.3 is 0 Å². The van der Waals surface area contributed by atoms with E-state index >= 15 is 0 Å². The highest BCUT2D eigenvalue weighted by Gasteiger charge is 2.12. The maximum atomic E-state index is 12.2. The molecule has 1 amide bonds. The third-order valence-electron chi connectivity index (χ3n) is 3.97. The molecular weight excluding hydrogens is 250 g/mol. The topological polar surface area (TPSA) is 48.1 Å². The van der Waals surface area contributed by atoms with Crippen molar-refractivity contribution in [3.63, 3.8) is 0 Å². The molecule has 0 radical (unpaired) electrons. The molecule has 0 unspecified atom stereocenters. The van der Waals surface area contributed by atoms with Crippen molar-refractivity contribution in [3.05, 3.63) is 36.0 Å². The minimum atomic E-state index is 0.0175. The molecule has 1 fully saturated rings. The Morgan fingerprint density at radius 2 is 2.05 bits per heavy atom. The first-order valence-corrected chi connectivity index (χ1v) is 7.41. The summed E-state index contributed by atoms with van der Waals surface area (Å²) >= 11 is 0. The number of nitrogens with one attached hydrogen (secondary N) is 2. The van der Waals surface area contributed by atoms with Gasteiger partial charge in [-0.05, 0) is 45.0 Å². The number of hydrogen-bond donors (Lipinski definition) is 2. The van der Waals surface area contributed by atoms with Crippen LogP contribution < -0.4 is 5.32 Å². The number of H-pyrrole nitrogens is 1. The first-order chi connectivity index (χ1) is 9.84. The Morgan fingerprint density at radius 3 is 2.90 bits per heavy atom. The second kappa shape index (κ2) is 6.09. The van der Waals surface area contributed by atoms with Crippen LogP contribution in [0, 0.1) is 0 Å². The van der Waals surface area contributed by atoms with E-state index in [4.69, 9.17) is 0 Å². The Hall–Kier alpha value is -1.81. The van der Waals surface area contributed by atoms with Crippen molar-refractivity contribution in [3.8, 4) is 0 Å².